The molecule has 3 heteroatoms. The molecule has 1 aromatic carbocycles. The number of ketones is 1. The minimum Gasteiger partial charge on any atom is -0.294 e. The Morgan fingerprint density at radius 2 is 1.94 bits per heavy atom. The molecule has 0 atom stereocenters. The lowest BCUT2D eigenvalue weighted by Crippen LogP contribution is -2.18. The van der Waals surface area contributed by atoms with Gasteiger partial charge in [0.1, 0.15) is 0 Å². The quantitative estimate of drug-likeness (QED) is 0.713. The van der Waals surface area contributed by atoms with Crippen LogP contribution in [0.1, 0.15) is 42.5 Å². The van der Waals surface area contributed by atoms with E-state index in [2.05, 4.69) is 15.9 Å². The van der Waals surface area contributed by atoms with Crippen molar-refractivity contribution < 1.29 is 4.79 Å². The molecule has 0 spiro atoms. The number of halogens is 2. The Balaban J connectivity index is 2.22. The van der Waals surface area contributed by atoms with Crippen molar-refractivity contribution in [1.29, 1.82) is 0 Å². The molecule has 0 N–H and O–H groups in total. The number of carbonyl (C=O) groups excluding carboxylic acids is 1. The van der Waals surface area contributed by atoms with Crippen LogP contribution < -0.4 is 0 Å². The van der Waals surface area contributed by atoms with Gasteiger partial charge in [-0.3, -0.25) is 4.79 Å². The summed E-state index contributed by atoms with van der Waals surface area (Å²) >= 11 is 9.34. The van der Waals surface area contributed by atoms with Gasteiger partial charge in [0, 0.05) is 21.0 Å². The van der Waals surface area contributed by atoms with Gasteiger partial charge in [0.2, 0.25) is 0 Å². The summed E-state index contributed by atoms with van der Waals surface area (Å²) in [5, 5.41) is 0.627. The first-order valence-electron chi connectivity index (χ1n) is 5.68. The average Bonchev–Trinajstić information content (AvgIpc) is 2.32. The van der Waals surface area contributed by atoms with E-state index in [4.69, 9.17) is 11.6 Å². The highest BCUT2D eigenvalue weighted by atomic mass is 79.9. The van der Waals surface area contributed by atoms with Crippen LogP contribution in [-0.4, -0.2) is 5.78 Å². The molecular formula is C13H14BrClO. The minimum absolute atomic E-state index is 0.198. The van der Waals surface area contributed by atoms with Crippen LogP contribution in [0, 0.1) is 5.92 Å². The van der Waals surface area contributed by atoms with Crippen LogP contribution in [0.25, 0.3) is 0 Å². The standard InChI is InChI=1S/C13H14BrClO/c14-12-7-6-10(15)8-11(12)13(16)9-4-2-1-3-5-9/h6-9H,1-5H2. The van der Waals surface area contributed by atoms with E-state index in [0.717, 1.165) is 22.9 Å². The summed E-state index contributed by atoms with van der Waals surface area (Å²) in [6.07, 6.45) is 5.67. The number of carbonyl (C=O) groups is 1. The molecule has 2 rings (SSSR count). The van der Waals surface area contributed by atoms with Crippen molar-refractivity contribution in [2.24, 2.45) is 5.92 Å². The smallest absolute Gasteiger partial charge is 0.167 e. The van der Waals surface area contributed by atoms with E-state index in [1.165, 1.54) is 19.3 Å². The van der Waals surface area contributed by atoms with Gasteiger partial charge < -0.3 is 0 Å². The first-order valence-corrected chi connectivity index (χ1v) is 6.85. The summed E-state index contributed by atoms with van der Waals surface area (Å²) in [6, 6.07) is 5.41. The molecule has 1 saturated carbocycles. The predicted octanol–water partition coefficient (Wildman–Crippen LogP) is 4.87. The monoisotopic (exact) mass is 300 g/mol. The van der Waals surface area contributed by atoms with Gasteiger partial charge in [0.05, 0.1) is 0 Å². The fraction of sp³-hybridized carbons (Fsp3) is 0.462. The molecule has 0 aromatic heterocycles. The molecule has 1 fully saturated rings. The van der Waals surface area contributed by atoms with Crippen molar-refractivity contribution in [3.63, 3.8) is 0 Å². The van der Waals surface area contributed by atoms with Crippen molar-refractivity contribution in [3.8, 4) is 0 Å². The van der Waals surface area contributed by atoms with E-state index in [1.807, 2.05) is 6.07 Å². The Morgan fingerprint density at radius 3 is 2.62 bits per heavy atom. The Morgan fingerprint density at radius 1 is 1.25 bits per heavy atom. The highest BCUT2D eigenvalue weighted by Crippen LogP contribution is 2.30. The van der Waals surface area contributed by atoms with Crippen LogP contribution in [0.3, 0.4) is 0 Å². The molecule has 0 radical (unpaired) electrons. The molecule has 1 aromatic rings. The van der Waals surface area contributed by atoms with E-state index in [-0.39, 0.29) is 11.7 Å². The van der Waals surface area contributed by atoms with Gasteiger partial charge >= 0.3 is 0 Å². The summed E-state index contributed by atoms with van der Waals surface area (Å²) in [5.41, 5.74) is 0.736. The number of rotatable bonds is 2. The van der Waals surface area contributed by atoms with E-state index < -0.39 is 0 Å². The van der Waals surface area contributed by atoms with Gasteiger partial charge in [-0.1, -0.05) is 46.8 Å². The fourth-order valence-corrected chi connectivity index (χ4v) is 2.89. The second-order valence-electron chi connectivity index (χ2n) is 4.32. The number of benzene rings is 1. The molecule has 16 heavy (non-hydrogen) atoms. The first kappa shape index (κ1) is 12.1. The maximum atomic E-state index is 12.3. The summed E-state index contributed by atoms with van der Waals surface area (Å²) in [5.74, 6) is 0.442. The number of Topliss-reactive ketones (excluding diaryl/α,β-unsaturated/α-hetero) is 1. The van der Waals surface area contributed by atoms with E-state index in [0.29, 0.717) is 5.02 Å². The van der Waals surface area contributed by atoms with E-state index >= 15 is 0 Å². The van der Waals surface area contributed by atoms with Crippen LogP contribution in [0.5, 0.6) is 0 Å². The zero-order valence-electron chi connectivity index (χ0n) is 9.01. The van der Waals surface area contributed by atoms with E-state index in [9.17, 15) is 4.79 Å². The second-order valence-corrected chi connectivity index (χ2v) is 5.61. The number of hydrogen-bond donors (Lipinski definition) is 0. The Kier molecular flexibility index (Phi) is 4.04. The number of hydrogen-bond acceptors (Lipinski definition) is 1. The lowest BCUT2D eigenvalue weighted by Gasteiger charge is -2.20. The molecule has 0 unspecified atom stereocenters. The third-order valence-electron chi connectivity index (χ3n) is 3.17. The maximum absolute atomic E-state index is 12.3. The normalized spacial score (nSPS) is 17.4. The Labute approximate surface area is 109 Å². The fourth-order valence-electron chi connectivity index (χ4n) is 2.27. The summed E-state index contributed by atoms with van der Waals surface area (Å²) in [4.78, 5) is 12.3. The molecule has 0 saturated heterocycles. The topological polar surface area (TPSA) is 17.1 Å². The van der Waals surface area contributed by atoms with Crippen LogP contribution in [0.15, 0.2) is 22.7 Å². The van der Waals surface area contributed by atoms with Gasteiger partial charge in [-0.25, -0.2) is 0 Å². The first-order chi connectivity index (χ1) is 7.68. The molecule has 1 aliphatic carbocycles. The van der Waals surface area contributed by atoms with Gasteiger partial charge in [0.15, 0.2) is 5.78 Å². The Bertz CT molecular complexity index is 397. The van der Waals surface area contributed by atoms with Gasteiger partial charge in [0.25, 0.3) is 0 Å². The molecule has 86 valence electrons. The summed E-state index contributed by atoms with van der Waals surface area (Å²) in [6.45, 7) is 0. The van der Waals surface area contributed by atoms with Crippen molar-refractivity contribution in [3.05, 3.63) is 33.3 Å². The van der Waals surface area contributed by atoms with Crippen LogP contribution in [0.4, 0.5) is 0 Å². The van der Waals surface area contributed by atoms with Gasteiger partial charge in [-0.2, -0.15) is 0 Å². The lowest BCUT2D eigenvalue weighted by atomic mass is 9.84. The Hall–Kier alpha value is -0.340. The third-order valence-corrected chi connectivity index (χ3v) is 4.10. The van der Waals surface area contributed by atoms with Gasteiger partial charge in [-0.05, 0) is 31.0 Å². The van der Waals surface area contributed by atoms with E-state index in [1.54, 1.807) is 12.1 Å². The predicted molar refractivity (Wildman–Crippen MR) is 70.1 cm³/mol. The molecule has 0 amide bonds. The van der Waals surface area contributed by atoms with Crippen molar-refractivity contribution in [2.75, 3.05) is 0 Å². The molecule has 0 aliphatic heterocycles. The summed E-state index contributed by atoms with van der Waals surface area (Å²) < 4.78 is 0.854. The van der Waals surface area contributed by atoms with Gasteiger partial charge in [-0.15, -0.1) is 0 Å². The molecule has 0 heterocycles. The average molecular weight is 302 g/mol. The van der Waals surface area contributed by atoms with Crippen molar-refractivity contribution in [2.45, 2.75) is 32.1 Å². The van der Waals surface area contributed by atoms with Crippen molar-refractivity contribution in [1.82, 2.24) is 0 Å². The van der Waals surface area contributed by atoms with Crippen LogP contribution in [-0.2, 0) is 0 Å². The van der Waals surface area contributed by atoms with Crippen molar-refractivity contribution >= 4 is 33.3 Å². The molecule has 0 bridgehead atoms. The zero-order chi connectivity index (χ0) is 11.5. The molecule has 1 aliphatic rings. The third kappa shape index (κ3) is 2.67. The highest BCUT2D eigenvalue weighted by Gasteiger charge is 2.23. The highest BCUT2D eigenvalue weighted by molar-refractivity contribution is 9.10. The zero-order valence-corrected chi connectivity index (χ0v) is 11.4. The van der Waals surface area contributed by atoms with Crippen LogP contribution >= 0.6 is 27.5 Å². The molecule has 1 nitrogen and oxygen atoms in total. The second kappa shape index (κ2) is 5.33. The SMILES string of the molecule is O=C(c1cc(Cl)ccc1Br)C1CCCCC1. The molecular weight excluding hydrogens is 287 g/mol. The summed E-state index contributed by atoms with van der Waals surface area (Å²) in [7, 11) is 0. The van der Waals surface area contributed by atoms with Crippen LogP contribution in [0.2, 0.25) is 5.02 Å². The largest absolute Gasteiger partial charge is 0.294 e. The lowest BCUT2D eigenvalue weighted by molar-refractivity contribution is 0.0889. The minimum atomic E-state index is 0.198. The maximum Gasteiger partial charge on any atom is 0.167 e.